The Morgan fingerprint density at radius 3 is 2.33 bits per heavy atom. The Balaban J connectivity index is 1.86. The van der Waals surface area contributed by atoms with Crippen LogP contribution in [0.1, 0.15) is 38.7 Å². The largest absolute Gasteiger partial charge is 0.464 e. The molecule has 0 spiro atoms. The number of urea groups is 1. The van der Waals surface area contributed by atoms with Gasteiger partial charge in [-0.1, -0.05) is 55.8 Å². The molecule has 10 nitrogen and oxygen atoms in total. The van der Waals surface area contributed by atoms with E-state index in [1.54, 1.807) is 49.4 Å². The van der Waals surface area contributed by atoms with Gasteiger partial charge in [0.05, 0.1) is 23.7 Å². The number of nitrogens with one attached hydrogen (secondary N) is 2. The lowest BCUT2D eigenvalue weighted by Crippen LogP contribution is -2.52. The Bertz CT molecular complexity index is 1550. The van der Waals surface area contributed by atoms with Gasteiger partial charge in [0.15, 0.2) is 0 Å². The maximum atomic E-state index is 14.0. The summed E-state index contributed by atoms with van der Waals surface area (Å²) in [5.41, 5.74) is 1.33. The van der Waals surface area contributed by atoms with Gasteiger partial charge in [-0.05, 0) is 42.7 Å². The summed E-state index contributed by atoms with van der Waals surface area (Å²) in [6, 6.07) is 13.6. The molecular weight excluding hydrogens is 582 g/mol. The predicted octanol–water partition coefficient (Wildman–Crippen LogP) is 4.55. The zero-order valence-corrected chi connectivity index (χ0v) is 24.6. The number of esters is 1. The van der Waals surface area contributed by atoms with Crippen LogP contribution in [-0.2, 0) is 30.9 Å². The average molecular weight is 617 g/mol. The van der Waals surface area contributed by atoms with Crippen LogP contribution >= 0.6 is 0 Å². The minimum Gasteiger partial charge on any atom is -0.464 e. The Hall–Kier alpha value is -4.36. The lowest BCUT2D eigenvalue weighted by molar-refractivity contribution is -0.155. The molecule has 0 aliphatic rings. The zero-order chi connectivity index (χ0) is 31.6. The average Bonchev–Trinajstić information content (AvgIpc) is 2.97. The minimum absolute atomic E-state index is 0.0253. The number of nitrogens with two attached hydrogens (primary N) is 1. The molecule has 0 heterocycles. The molecule has 0 fully saturated rings. The Kier molecular flexibility index (Phi) is 11.7. The molecule has 230 valence electrons. The van der Waals surface area contributed by atoms with E-state index in [9.17, 15) is 31.6 Å². The minimum atomic E-state index is -3.98. The van der Waals surface area contributed by atoms with Crippen LogP contribution in [0.3, 0.4) is 0 Å². The van der Waals surface area contributed by atoms with E-state index in [-0.39, 0.29) is 42.6 Å². The standard InChI is InChI=1S/C30H34F2N4O6S/c1-3-5-10-28(37)36(19-20-11-13-21(14-12-20)23-8-6-7-9-27(23)43(33,40)41)26(29(38)42-4-2)18-34-30(39)35-25-16-15-22(31)17-24(25)32/h6-9,11-17,26H,3-5,10,18-19H2,1-2H3,(H2,33,40,41)(H2,34,35,39). The molecule has 0 bridgehead atoms. The zero-order valence-electron chi connectivity index (χ0n) is 23.8. The lowest BCUT2D eigenvalue weighted by Gasteiger charge is -2.31. The molecule has 0 aliphatic carbocycles. The lowest BCUT2D eigenvalue weighted by atomic mass is 10.0. The fraction of sp³-hybridized carbons (Fsp3) is 0.300. The molecule has 3 amide bonds. The SMILES string of the molecule is CCCCC(=O)N(Cc1ccc(-c2ccccc2S(N)(=O)=O)cc1)C(CNC(=O)Nc1ccc(F)cc1F)C(=O)OCC. The van der Waals surface area contributed by atoms with Gasteiger partial charge in [-0.15, -0.1) is 0 Å². The Morgan fingerprint density at radius 2 is 1.70 bits per heavy atom. The first-order valence-corrected chi connectivity index (χ1v) is 15.2. The van der Waals surface area contributed by atoms with Crippen LogP contribution in [0, 0.1) is 11.6 Å². The van der Waals surface area contributed by atoms with Crippen LogP contribution < -0.4 is 15.8 Å². The number of primary sulfonamides is 1. The number of sulfonamides is 1. The monoisotopic (exact) mass is 616 g/mol. The van der Waals surface area contributed by atoms with Gasteiger partial charge in [-0.25, -0.2) is 31.9 Å². The molecule has 13 heteroatoms. The first-order chi connectivity index (χ1) is 20.4. The third-order valence-corrected chi connectivity index (χ3v) is 7.42. The molecule has 3 aromatic rings. The Labute approximate surface area is 249 Å². The summed E-state index contributed by atoms with van der Waals surface area (Å²) < 4.78 is 56.5. The van der Waals surface area contributed by atoms with Crippen LogP contribution in [0.2, 0.25) is 0 Å². The maximum Gasteiger partial charge on any atom is 0.330 e. The predicted molar refractivity (Wildman–Crippen MR) is 157 cm³/mol. The maximum absolute atomic E-state index is 14.0. The van der Waals surface area contributed by atoms with E-state index >= 15 is 0 Å². The van der Waals surface area contributed by atoms with E-state index in [0.29, 0.717) is 29.2 Å². The topological polar surface area (TPSA) is 148 Å². The molecule has 0 radical (unpaired) electrons. The van der Waals surface area contributed by atoms with Crippen molar-refractivity contribution in [3.8, 4) is 11.1 Å². The van der Waals surface area contributed by atoms with Crippen molar-refractivity contribution in [2.45, 2.75) is 50.6 Å². The molecule has 0 aliphatic heterocycles. The van der Waals surface area contributed by atoms with Crippen molar-refractivity contribution in [3.05, 3.63) is 83.9 Å². The molecule has 0 saturated heterocycles. The number of ether oxygens (including phenoxy) is 1. The first kappa shape index (κ1) is 33.1. The van der Waals surface area contributed by atoms with Crippen molar-refractivity contribution < 1.29 is 36.3 Å². The smallest absolute Gasteiger partial charge is 0.330 e. The van der Waals surface area contributed by atoms with Crippen LogP contribution in [0.25, 0.3) is 11.1 Å². The second-order valence-electron chi connectivity index (χ2n) is 9.59. The van der Waals surface area contributed by atoms with E-state index in [2.05, 4.69) is 10.6 Å². The number of carbonyl (C=O) groups excluding carboxylic acids is 3. The van der Waals surface area contributed by atoms with Gasteiger partial charge in [-0.3, -0.25) is 4.79 Å². The number of unbranched alkanes of at least 4 members (excludes halogenated alkanes) is 1. The quantitative estimate of drug-likeness (QED) is 0.240. The van der Waals surface area contributed by atoms with E-state index in [0.717, 1.165) is 18.6 Å². The van der Waals surface area contributed by atoms with Gasteiger partial charge >= 0.3 is 12.0 Å². The van der Waals surface area contributed by atoms with Gasteiger partial charge in [0.25, 0.3) is 0 Å². The van der Waals surface area contributed by atoms with Gasteiger partial charge in [-0.2, -0.15) is 0 Å². The van der Waals surface area contributed by atoms with Crippen molar-refractivity contribution in [1.29, 1.82) is 0 Å². The number of amides is 3. The van der Waals surface area contributed by atoms with E-state index in [1.165, 1.54) is 11.0 Å². The van der Waals surface area contributed by atoms with Gasteiger partial charge in [0.2, 0.25) is 15.9 Å². The van der Waals surface area contributed by atoms with Gasteiger partial charge in [0.1, 0.15) is 17.7 Å². The number of benzene rings is 3. The van der Waals surface area contributed by atoms with E-state index < -0.39 is 39.7 Å². The molecular formula is C30H34F2N4O6S. The van der Waals surface area contributed by atoms with Crippen LogP contribution in [0.5, 0.6) is 0 Å². The summed E-state index contributed by atoms with van der Waals surface area (Å²) in [4.78, 5) is 40.2. The summed E-state index contributed by atoms with van der Waals surface area (Å²) in [7, 11) is -3.98. The second kappa shape index (κ2) is 15.2. The molecule has 3 rings (SSSR count). The number of nitrogens with zero attached hydrogens (tertiary/aromatic N) is 1. The van der Waals surface area contributed by atoms with Crippen LogP contribution in [0.4, 0.5) is 19.3 Å². The third kappa shape index (κ3) is 9.32. The molecule has 1 unspecified atom stereocenters. The number of hydrogen-bond acceptors (Lipinski definition) is 6. The first-order valence-electron chi connectivity index (χ1n) is 13.6. The summed E-state index contributed by atoms with van der Waals surface area (Å²) in [5.74, 6) is -2.90. The number of anilines is 1. The van der Waals surface area contributed by atoms with Crippen molar-refractivity contribution in [2.75, 3.05) is 18.5 Å². The highest BCUT2D eigenvalue weighted by atomic mass is 32.2. The molecule has 43 heavy (non-hydrogen) atoms. The number of halogens is 2. The molecule has 0 saturated carbocycles. The number of carbonyl (C=O) groups is 3. The summed E-state index contributed by atoms with van der Waals surface area (Å²) >= 11 is 0. The highest BCUT2D eigenvalue weighted by Gasteiger charge is 2.31. The van der Waals surface area contributed by atoms with Crippen LogP contribution in [0.15, 0.2) is 71.6 Å². The highest BCUT2D eigenvalue weighted by Crippen LogP contribution is 2.27. The fourth-order valence-electron chi connectivity index (χ4n) is 4.29. The van der Waals surface area contributed by atoms with Crippen molar-refractivity contribution >= 4 is 33.6 Å². The number of hydrogen-bond donors (Lipinski definition) is 3. The van der Waals surface area contributed by atoms with Gasteiger partial charge < -0.3 is 20.3 Å². The van der Waals surface area contributed by atoms with Crippen molar-refractivity contribution in [1.82, 2.24) is 10.2 Å². The van der Waals surface area contributed by atoms with Crippen LogP contribution in [-0.4, -0.2) is 50.4 Å². The van der Waals surface area contributed by atoms with Gasteiger partial charge in [0, 0.05) is 24.6 Å². The van der Waals surface area contributed by atoms with Crippen molar-refractivity contribution in [2.24, 2.45) is 5.14 Å². The normalized spacial score (nSPS) is 11.8. The summed E-state index contributed by atoms with van der Waals surface area (Å²) in [6.07, 6.45) is 1.43. The van der Waals surface area contributed by atoms with E-state index in [4.69, 9.17) is 9.88 Å². The Morgan fingerprint density at radius 1 is 1.00 bits per heavy atom. The van der Waals surface area contributed by atoms with E-state index in [1.807, 2.05) is 6.92 Å². The summed E-state index contributed by atoms with van der Waals surface area (Å²) in [6.45, 7) is 3.16. The molecule has 1 atom stereocenters. The third-order valence-electron chi connectivity index (χ3n) is 6.45. The second-order valence-corrected chi connectivity index (χ2v) is 11.1. The molecule has 4 N–H and O–H groups in total. The summed E-state index contributed by atoms with van der Waals surface area (Å²) in [5, 5.41) is 10.1. The highest BCUT2D eigenvalue weighted by molar-refractivity contribution is 7.89. The fourth-order valence-corrected chi connectivity index (χ4v) is 5.05. The molecule has 3 aromatic carbocycles. The molecule has 0 aromatic heterocycles. The number of rotatable bonds is 13. The van der Waals surface area contributed by atoms with Crippen molar-refractivity contribution in [3.63, 3.8) is 0 Å².